The molecule has 0 spiro atoms. The van der Waals surface area contributed by atoms with Crippen molar-refractivity contribution in [3.8, 4) is 0 Å². The summed E-state index contributed by atoms with van der Waals surface area (Å²) in [5.74, 6) is -0.190. The molecule has 0 unspecified atom stereocenters. The van der Waals surface area contributed by atoms with Crippen LogP contribution in [0, 0.1) is 0 Å². The summed E-state index contributed by atoms with van der Waals surface area (Å²) in [4.78, 5) is 10.8. The number of nitrogens with one attached hydrogen (secondary N) is 2. The van der Waals surface area contributed by atoms with Crippen LogP contribution in [0.5, 0.6) is 0 Å². The molecular formula is C6H12N2O2. The first-order chi connectivity index (χ1) is 4.76. The molecule has 4 heteroatoms. The molecular weight excluding hydrogens is 132 g/mol. The molecule has 0 bridgehead atoms. The third kappa shape index (κ3) is 2.39. The molecule has 0 saturated heterocycles. The molecule has 0 rings (SSSR count). The summed E-state index contributed by atoms with van der Waals surface area (Å²) >= 11 is 0. The van der Waals surface area contributed by atoms with Gasteiger partial charge in [-0.15, -0.1) is 0 Å². The summed E-state index contributed by atoms with van der Waals surface area (Å²) < 4.78 is 4.63. The fraction of sp³-hybridized carbons (Fsp3) is 0.500. The summed E-state index contributed by atoms with van der Waals surface area (Å²) in [5, 5.41) is 5.13. The molecule has 0 radical (unpaired) electrons. The molecule has 0 atom stereocenters. The van der Waals surface area contributed by atoms with E-state index in [-0.39, 0.29) is 5.91 Å². The van der Waals surface area contributed by atoms with Gasteiger partial charge < -0.3 is 15.4 Å². The quantitative estimate of drug-likeness (QED) is 0.412. The number of amides is 1. The Morgan fingerprint density at radius 1 is 1.40 bits per heavy atom. The van der Waals surface area contributed by atoms with E-state index >= 15 is 0 Å². The molecule has 10 heavy (non-hydrogen) atoms. The second-order valence-corrected chi connectivity index (χ2v) is 1.60. The van der Waals surface area contributed by atoms with Gasteiger partial charge in [-0.1, -0.05) is 0 Å². The van der Waals surface area contributed by atoms with E-state index in [0.29, 0.717) is 5.70 Å². The van der Waals surface area contributed by atoms with Crippen molar-refractivity contribution in [2.45, 2.75) is 0 Å². The fourth-order valence-corrected chi connectivity index (χ4v) is 0.478. The van der Waals surface area contributed by atoms with Gasteiger partial charge in [0.05, 0.1) is 7.11 Å². The number of methoxy groups -OCH3 is 1. The first-order valence-corrected chi connectivity index (χ1v) is 2.89. The highest BCUT2D eigenvalue weighted by atomic mass is 16.5. The van der Waals surface area contributed by atoms with Crippen molar-refractivity contribution >= 4 is 5.91 Å². The molecule has 0 aliphatic heterocycles. The number of carbonyl (C=O) groups excluding carboxylic acids is 1. The Morgan fingerprint density at radius 2 is 2.00 bits per heavy atom. The topological polar surface area (TPSA) is 50.4 Å². The van der Waals surface area contributed by atoms with Gasteiger partial charge in [0.25, 0.3) is 5.91 Å². The molecule has 58 valence electrons. The smallest absolute Gasteiger partial charge is 0.270 e. The van der Waals surface area contributed by atoms with Crippen LogP contribution in [0.1, 0.15) is 0 Å². The maximum atomic E-state index is 10.8. The molecule has 0 aromatic heterocycles. The zero-order valence-corrected chi connectivity index (χ0v) is 6.39. The maximum absolute atomic E-state index is 10.8. The molecule has 0 heterocycles. The summed E-state index contributed by atoms with van der Waals surface area (Å²) in [6.45, 7) is 0. The summed E-state index contributed by atoms with van der Waals surface area (Å²) in [6, 6.07) is 0. The van der Waals surface area contributed by atoms with Crippen LogP contribution >= 0.6 is 0 Å². The Bertz CT molecular complexity index is 143. The summed E-state index contributed by atoms with van der Waals surface area (Å²) in [5.41, 5.74) is 0.407. The zero-order chi connectivity index (χ0) is 7.98. The summed E-state index contributed by atoms with van der Waals surface area (Å²) in [6.07, 6.45) is 1.35. The monoisotopic (exact) mass is 144 g/mol. The second kappa shape index (κ2) is 4.67. The average Bonchev–Trinajstić information content (AvgIpc) is 1.99. The van der Waals surface area contributed by atoms with Gasteiger partial charge in [0.1, 0.15) is 12.0 Å². The number of ether oxygens (including phenoxy) is 1. The predicted molar refractivity (Wildman–Crippen MR) is 38.2 cm³/mol. The molecule has 0 aliphatic carbocycles. The Hall–Kier alpha value is -1.19. The second-order valence-electron chi connectivity index (χ2n) is 1.60. The van der Waals surface area contributed by atoms with E-state index in [9.17, 15) is 4.79 Å². The first-order valence-electron chi connectivity index (χ1n) is 2.89. The largest absolute Gasteiger partial charge is 0.502 e. The summed E-state index contributed by atoms with van der Waals surface area (Å²) in [7, 11) is 4.70. The van der Waals surface area contributed by atoms with Gasteiger partial charge in [0.2, 0.25) is 0 Å². The maximum Gasteiger partial charge on any atom is 0.270 e. The lowest BCUT2D eigenvalue weighted by atomic mass is 10.4. The van der Waals surface area contributed by atoms with Crippen LogP contribution in [-0.2, 0) is 9.53 Å². The van der Waals surface area contributed by atoms with E-state index in [1.807, 2.05) is 0 Å². The fourth-order valence-electron chi connectivity index (χ4n) is 0.478. The SMILES string of the molecule is CNC(=O)/C(=C/OC)NC. The van der Waals surface area contributed by atoms with Crippen molar-refractivity contribution in [3.63, 3.8) is 0 Å². The highest BCUT2D eigenvalue weighted by Gasteiger charge is 2.02. The minimum Gasteiger partial charge on any atom is -0.502 e. The minimum atomic E-state index is -0.190. The lowest BCUT2D eigenvalue weighted by Gasteiger charge is -2.02. The van der Waals surface area contributed by atoms with Crippen molar-refractivity contribution in [3.05, 3.63) is 12.0 Å². The lowest BCUT2D eigenvalue weighted by molar-refractivity contribution is -0.117. The molecule has 2 N–H and O–H groups in total. The normalized spacial score (nSPS) is 10.5. The number of likely N-dealkylation sites (N-methyl/N-ethyl adjacent to an activating group) is 2. The number of hydrogen-bond donors (Lipinski definition) is 2. The molecule has 0 aromatic carbocycles. The molecule has 0 saturated carbocycles. The van der Waals surface area contributed by atoms with Crippen LogP contribution in [0.25, 0.3) is 0 Å². The van der Waals surface area contributed by atoms with E-state index in [4.69, 9.17) is 0 Å². The molecule has 0 aromatic rings. The minimum absolute atomic E-state index is 0.190. The highest BCUT2D eigenvalue weighted by Crippen LogP contribution is 1.86. The molecule has 0 fully saturated rings. The van der Waals surface area contributed by atoms with Crippen molar-refractivity contribution in [2.24, 2.45) is 0 Å². The average molecular weight is 144 g/mol. The van der Waals surface area contributed by atoms with Crippen LogP contribution in [0.4, 0.5) is 0 Å². The van der Waals surface area contributed by atoms with Gasteiger partial charge in [-0.3, -0.25) is 4.79 Å². The Morgan fingerprint density at radius 3 is 2.30 bits per heavy atom. The van der Waals surface area contributed by atoms with Gasteiger partial charge in [-0.25, -0.2) is 0 Å². The van der Waals surface area contributed by atoms with Crippen LogP contribution in [0.3, 0.4) is 0 Å². The van der Waals surface area contributed by atoms with E-state index in [1.165, 1.54) is 13.4 Å². The van der Waals surface area contributed by atoms with Gasteiger partial charge in [0.15, 0.2) is 0 Å². The van der Waals surface area contributed by atoms with Crippen molar-refractivity contribution < 1.29 is 9.53 Å². The van der Waals surface area contributed by atoms with E-state index in [0.717, 1.165) is 0 Å². The van der Waals surface area contributed by atoms with E-state index in [2.05, 4.69) is 15.4 Å². The standard InChI is InChI=1S/C6H12N2O2/c1-7-5(4-10-3)6(9)8-2/h4,7H,1-3H3,(H,8,9)/b5-4-. The molecule has 1 amide bonds. The van der Waals surface area contributed by atoms with Crippen LogP contribution in [0.2, 0.25) is 0 Å². The van der Waals surface area contributed by atoms with Crippen molar-refractivity contribution in [2.75, 3.05) is 21.2 Å². The van der Waals surface area contributed by atoms with Crippen molar-refractivity contribution in [1.29, 1.82) is 0 Å². The van der Waals surface area contributed by atoms with Crippen LogP contribution in [-0.4, -0.2) is 27.1 Å². The Balaban J connectivity index is 4.06. The molecule has 0 aliphatic rings. The number of hydrogen-bond acceptors (Lipinski definition) is 3. The number of carbonyl (C=O) groups is 1. The Kier molecular flexibility index (Phi) is 4.11. The highest BCUT2D eigenvalue weighted by molar-refractivity contribution is 5.92. The predicted octanol–water partition coefficient (Wildman–Crippen LogP) is -0.560. The first kappa shape index (κ1) is 8.81. The Labute approximate surface area is 60.2 Å². The third-order valence-corrected chi connectivity index (χ3v) is 0.977. The van der Waals surface area contributed by atoms with Crippen LogP contribution < -0.4 is 10.6 Å². The van der Waals surface area contributed by atoms with Gasteiger partial charge >= 0.3 is 0 Å². The van der Waals surface area contributed by atoms with E-state index < -0.39 is 0 Å². The van der Waals surface area contributed by atoms with Gasteiger partial charge in [0, 0.05) is 14.1 Å². The molecule has 4 nitrogen and oxygen atoms in total. The number of rotatable bonds is 3. The zero-order valence-electron chi connectivity index (χ0n) is 6.39. The lowest BCUT2D eigenvalue weighted by Crippen LogP contribution is -2.27. The van der Waals surface area contributed by atoms with E-state index in [1.54, 1.807) is 14.1 Å². The van der Waals surface area contributed by atoms with Crippen molar-refractivity contribution in [1.82, 2.24) is 10.6 Å². The van der Waals surface area contributed by atoms with Crippen LogP contribution in [0.15, 0.2) is 12.0 Å². The van der Waals surface area contributed by atoms with Gasteiger partial charge in [-0.2, -0.15) is 0 Å². The van der Waals surface area contributed by atoms with Gasteiger partial charge in [-0.05, 0) is 0 Å². The third-order valence-electron chi connectivity index (χ3n) is 0.977.